The Hall–Kier alpha value is -1.38. The van der Waals surface area contributed by atoms with Crippen LogP contribution in [0.5, 0.6) is 5.75 Å². The van der Waals surface area contributed by atoms with Gasteiger partial charge in [-0.1, -0.05) is 23.7 Å². The van der Waals surface area contributed by atoms with Crippen molar-refractivity contribution in [1.29, 1.82) is 0 Å². The average molecular weight is 474 g/mol. The fourth-order valence-corrected chi connectivity index (χ4v) is 2.84. The van der Waals surface area contributed by atoms with Crippen molar-refractivity contribution in [2.75, 3.05) is 6.54 Å². The highest BCUT2D eigenvalue weighted by atomic mass is 127. The second kappa shape index (κ2) is 9.80. The van der Waals surface area contributed by atoms with E-state index in [2.05, 4.69) is 38.4 Å². The molecule has 126 valence electrons. The summed E-state index contributed by atoms with van der Waals surface area (Å²) in [6, 6.07) is 13.5. The number of halogens is 2. The molecule has 7 heteroatoms. The molecule has 0 fully saturated rings. The number of hydrazone groups is 1. The third kappa shape index (κ3) is 6.26. The number of nitrogens with one attached hydrogen (secondary N) is 2. The van der Waals surface area contributed by atoms with Crippen molar-refractivity contribution in [2.24, 2.45) is 5.10 Å². The van der Waals surface area contributed by atoms with Gasteiger partial charge in [0, 0.05) is 11.6 Å². The lowest BCUT2D eigenvalue weighted by Crippen LogP contribution is -2.31. The van der Waals surface area contributed by atoms with E-state index in [1.165, 1.54) is 0 Å². The summed E-state index contributed by atoms with van der Waals surface area (Å²) < 4.78 is 6.86. The fraction of sp³-hybridized carbons (Fsp3) is 0.176. The normalized spacial score (nSPS) is 10.6. The molecule has 0 heterocycles. The molecule has 2 aromatic carbocycles. The van der Waals surface area contributed by atoms with Crippen LogP contribution in [0.1, 0.15) is 18.1 Å². The van der Waals surface area contributed by atoms with Crippen LogP contribution in [0.2, 0.25) is 5.02 Å². The number of hydrogen-bond acceptors (Lipinski definition) is 3. The van der Waals surface area contributed by atoms with Crippen LogP contribution in [0.15, 0.2) is 47.6 Å². The predicted molar refractivity (Wildman–Crippen MR) is 112 cm³/mol. The van der Waals surface area contributed by atoms with E-state index >= 15 is 0 Å². The first-order valence-electron chi connectivity index (χ1n) is 7.32. The van der Waals surface area contributed by atoms with Gasteiger partial charge in [0.15, 0.2) is 5.11 Å². The van der Waals surface area contributed by atoms with Gasteiger partial charge in [0.05, 0.1) is 9.78 Å². The number of thiocarbonyl (C=S) groups is 1. The molecule has 0 aliphatic rings. The van der Waals surface area contributed by atoms with E-state index in [1.54, 1.807) is 6.21 Å². The second-order valence-corrected chi connectivity index (χ2v) is 6.84. The highest BCUT2D eigenvalue weighted by molar-refractivity contribution is 14.1. The van der Waals surface area contributed by atoms with Gasteiger partial charge in [-0.25, -0.2) is 0 Å². The van der Waals surface area contributed by atoms with Crippen LogP contribution in [0.3, 0.4) is 0 Å². The van der Waals surface area contributed by atoms with E-state index in [-0.39, 0.29) is 0 Å². The summed E-state index contributed by atoms with van der Waals surface area (Å²) in [5.74, 6) is 0.832. The molecule has 0 atom stereocenters. The summed E-state index contributed by atoms with van der Waals surface area (Å²) in [6.07, 6.45) is 1.72. The zero-order chi connectivity index (χ0) is 17.4. The lowest BCUT2D eigenvalue weighted by Gasteiger charge is -2.09. The first kappa shape index (κ1) is 19.0. The summed E-state index contributed by atoms with van der Waals surface area (Å²) in [6.45, 7) is 3.24. The smallest absolute Gasteiger partial charge is 0.186 e. The highest BCUT2D eigenvalue weighted by Gasteiger charge is 2.03. The van der Waals surface area contributed by atoms with Gasteiger partial charge in [-0.15, -0.1) is 0 Å². The summed E-state index contributed by atoms with van der Waals surface area (Å²) in [4.78, 5) is 0. The zero-order valence-corrected chi connectivity index (χ0v) is 16.8. The van der Waals surface area contributed by atoms with Crippen LogP contribution in [-0.2, 0) is 6.61 Å². The summed E-state index contributed by atoms with van der Waals surface area (Å²) in [7, 11) is 0. The van der Waals surface area contributed by atoms with Crippen LogP contribution in [0.25, 0.3) is 0 Å². The van der Waals surface area contributed by atoms with E-state index in [0.717, 1.165) is 32.0 Å². The van der Waals surface area contributed by atoms with E-state index < -0.39 is 0 Å². The van der Waals surface area contributed by atoms with Crippen molar-refractivity contribution in [3.63, 3.8) is 0 Å². The van der Waals surface area contributed by atoms with E-state index in [1.807, 2.05) is 49.4 Å². The van der Waals surface area contributed by atoms with E-state index in [0.29, 0.717) is 11.7 Å². The monoisotopic (exact) mass is 473 g/mol. The van der Waals surface area contributed by atoms with Crippen LogP contribution in [0.4, 0.5) is 0 Å². The van der Waals surface area contributed by atoms with E-state index in [9.17, 15) is 0 Å². The van der Waals surface area contributed by atoms with Gasteiger partial charge < -0.3 is 10.1 Å². The fourth-order valence-electron chi connectivity index (χ4n) is 1.82. The minimum Gasteiger partial charge on any atom is -0.488 e. The maximum Gasteiger partial charge on any atom is 0.186 e. The molecule has 2 rings (SSSR count). The largest absolute Gasteiger partial charge is 0.488 e. The van der Waals surface area contributed by atoms with Gasteiger partial charge in [-0.05, 0) is 83.2 Å². The SMILES string of the molecule is CCNC(=S)NN=Cc1ccc(OCc2ccc(Cl)cc2)c(I)c1. The molecule has 0 amide bonds. The lowest BCUT2D eigenvalue weighted by atomic mass is 10.2. The van der Waals surface area contributed by atoms with Crippen LogP contribution in [-0.4, -0.2) is 17.9 Å². The summed E-state index contributed by atoms with van der Waals surface area (Å²) >= 11 is 13.2. The molecule has 2 aromatic rings. The molecule has 2 N–H and O–H groups in total. The number of hydrogen-bond donors (Lipinski definition) is 2. The first-order chi connectivity index (χ1) is 11.6. The van der Waals surface area contributed by atoms with Crippen LogP contribution in [0, 0.1) is 3.57 Å². The van der Waals surface area contributed by atoms with Gasteiger partial charge in [0.2, 0.25) is 0 Å². The molecule has 0 aliphatic heterocycles. The molecule has 0 aliphatic carbocycles. The Kier molecular flexibility index (Phi) is 7.74. The lowest BCUT2D eigenvalue weighted by molar-refractivity contribution is 0.304. The molecular weight excluding hydrogens is 457 g/mol. The van der Waals surface area contributed by atoms with Crippen molar-refractivity contribution in [3.8, 4) is 5.75 Å². The van der Waals surface area contributed by atoms with Gasteiger partial charge in [0.1, 0.15) is 12.4 Å². The molecule has 0 unspecified atom stereocenters. The van der Waals surface area contributed by atoms with Gasteiger partial charge >= 0.3 is 0 Å². The molecule has 0 spiro atoms. The third-order valence-corrected chi connectivity index (χ3v) is 4.31. The molecule has 0 bridgehead atoms. The summed E-state index contributed by atoms with van der Waals surface area (Å²) in [5, 5.41) is 8.29. The van der Waals surface area contributed by atoms with Crippen molar-refractivity contribution < 1.29 is 4.74 Å². The Morgan fingerprint density at radius 1 is 1.29 bits per heavy atom. The summed E-state index contributed by atoms with van der Waals surface area (Å²) in [5.41, 5.74) is 4.80. The topological polar surface area (TPSA) is 45.7 Å². The first-order valence-corrected chi connectivity index (χ1v) is 9.18. The quantitative estimate of drug-likeness (QED) is 0.284. The minimum absolute atomic E-state index is 0.499. The molecule has 24 heavy (non-hydrogen) atoms. The van der Waals surface area contributed by atoms with Crippen molar-refractivity contribution in [3.05, 3.63) is 62.2 Å². The number of benzene rings is 2. The number of ether oxygens (including phenoxy) is 1. The Labute approximate surface area is 165 Å². The maximum absolute atomic E-state index is 5.88. The highest BCUT2D eigenvalue weighted by Crippen LogP contribution is 2.23. The van der Waals surface area contributed by atoms with Crippen LogP contribution >= 0.6 is 46.4 Å². The zero-order valence-electron chi connectivity index (χ0n) is 13.1. The van der Waals surface area contributed by atoms with Gasteiger partial charge in [-0.2, -0.15) is 5.10 Å². The standard InChI is InChI=1S/C17H17ClIN3OS/c1-2-20-17(24)22-21-10-13-5-8-16(15(19)9-13)23-11-12-3-6-14(18)7-4-12/h3-10H,2,11H2,1H3,(H2,20,22,24). The maximum atomic E-state index is 5.88. The Morgan fingerprint density at radius 3 is 2.71 bits per heavy atom. The molecular formula is C17H17ClIN3OS. The third-order valence-electron chi connectivity index (χ3n) is 2.98. The molecule has 0 saturated heterocycles. The van der Waals surface area contributed by atoms with E-state index in [4.69, 9.17) is 28.6 Å². The molecule has 0 saturated carbocycles. The number of rotatable bonds is 6. The second-order valence-electron chi connectivity index (χ2n) is 4.83. The molecule has 0 radical (unpaired) electrons. The van der Waals surface area contributed by atoms with Gasteiger partial charge in [-0.3, -0.25) is 5.43 Å². The van der Waals surface area contributed by atoms with Crippen LogP contribution < -0.4 is 15.5 Å². The predicted octanol–water partition coefficient (Wildman–Crippen LogP) is 4.34. The van der Waals surface area contributed by atoms with Crippen molar-refractivity contribution >= 4 is 57.7 Å². The Bertz CT molecular complexity index is 722. The number of nitrogens with zero attached hydrogens (tertiary/aromatic N) is 1. The van der Waals surface area contributed by atoms with Gasteiger partial charge in [0.25, 0.3) is 0 Å². The Morgan fingerprint density at radius 2 is 2.04 bits per heavy atom. The molecule has 4 nitrogen and oxygen atoms in total. The van der Waals surface area contributed by atoms with Crippen molar-refractivity contribution in [1.82, 2.24) is 10.7 Å². The Balaban J connectivity index is 1.92. The molecule has 0 aromatic heterocycles. The minimum atomic E-state index is 0.499. The van der Waals surface area contributed by atoms with Crippen molar-refractivity contribution in [2.45, 2.75) is 13.5 Å². The average Bonchev–Trinajstić information content (AvgIpc) is 2.56.